The minimum absolute atomic E-state index is 0.309. The van der Waals surface area contributed by atoms with Crippen LogP contribution < -0.4 is 0 Å². The zero-order valence-electron chi connectivity index (χ0n) is 11.1. The molecule has 94 valence electrons. The molecule has 1 aliphatic rings. The number of benzene rings is 2. The van der Waals surface area contributed by atoms with E-state index in [9.17, 15) is 0 Å². The van der Waals surface area contributed by atoms with Crippen LogP contribution in [-0.4, -0.2) is 4.98 Å². The van der Waals surface area contributed by atoms with E-state index in [0.29, 0.717) is 0 Å². The number of aryl methyl sites for hydroxylation is 1. The molecule has 0 saturated heterocycles. The summed E-state index contributed by atoms with van der Waals surface area (Å²) in [6.45, 7) is 4.26. The van der Waals surface area contributed by atoms with Crippen LogP contribution >= 0.6 is 0 Å². The van der Waals surface area contributed by atoms with Crippen LogP contribution in [0.4, 0.5) is 0 Å². The summed E-state index contributed by atoms with van der Waals surface area (Å²) < 4.78 is 0. The largest absolute Gasteiger partial charge is 0.354 e. The Morgan fingerprint density at radius 2 is 1.84 bits per heavy atom. The molecule has 0 radical (unpaired) electrons. The molecule has 19 heavy (non-hydrogen) atoms. The van der Waals surface area contributed by atoms with Crippen LogP contribution in [0.3, 0.4) is 0 Å². The molecule has 1 N–H and O–H groups in total. The molecule has 3 nitrogen and oxygen atoms in total. The summed E-state index contributed by atoms with van der Waals surface area (Å²) in [5.74, 6) is 0. The number of hydrogen-bond donors (Lipinski definition) is 1. The smallest absolute Gasteiger partial charge is 0.213 e. The molecule has 0 aliphatic carbocycles. The van der Waals surface area contributed by atoms with E-state index >= 15 is 0 Å². The maximum absolute atomic E-state index is 4.18. The third-order valence-electron chi connectivity index (χ3n) is 4.05. The van der Waals surface area contributed by atoms with Crippen LogP contribution in [0.5, 0.6) is 0 Å². The van der Waals surface area contributed by atoms with Gasteiger partial charge in [-0.2, -0.15) is 10.2 Å². The molecule has 3 heteroatoms. The summed E-state index contributed by atoms with van der Waals surface area (Å²) in [5.41, 5.74) is 4.69. The SMILES string of the molecule is CCc1c(C2(C)N=N2)ccc2c1[nH]c1ccccc12. The summed E-state index contributed by atoms with van der Waals surface area (Å²) in [6.07, 6.45) is 0.986. The van der Waals surface area contributed by atoms with Crippen LogP contribution in [0.15, 0.2) is 46.6 Å². The Morgan fingerprint density at radius 3 is 2.58 bits per heavy atom. The number of aromatic nitrogens is 1. The lowest BCUT2D eigenvalue weighted by molar-refractivity contribution is 0.718. The number of nitrogens with one attached hydrogen (secondary N) is 1. The van der Waals surface area contributed by atoms with Gasteiger partial charge in [0.05, 0.1) is 5.52 Å². The maximum atomic E-state index is 4.18. The van der Waals surface area contributed by atoms with E-state index in [4.69, 9.17) is 0 Å². The predicted octanol–water partition coefficient (Wildman–Crippen LogP) is 4.52. The van der Waals surface area contributed by atoms with Crippen molar-refractivity contribution in [1.29, 1.82) is 0 Å². The molecule has 4 rings (SSSR count). The van der Waals surface area contributed by atoms with E-state index in [1.807, 2.05) is 0 Å². The highest BCUT2D eigenvalue weighted by atomic mass is 15.4. The van der Waals surface area contributed by atoms with Gasteiger partial charge < -0.3 is 4.98 Å². The van der Waals surface area contributed by atoms with E-state index in [0.717, 1.165) is 6.42 Å². The van der Waals surface area contributed by atoms with Gasteiger partial charge in [-0.3, -0.25) is 0 Å². The summed E-state index contributed by atoms with van der Waals surface area (Å²) in [7, 11) is 0. The van der Waals surface area contributed by atoms with Crippen LogP contribution in [0.25, 0.3) is 21.8 Å². The van der Waals surface area contributed by atoms with Gasteiger partial charge in [0, 0.05) is 21.9 Å². The van der Waals surface area contributed by atoms with Crippen molar-refractivity contribution in [2.45, 2.75) is 25.9 Å². The molecular weight excluding hydrogens is 234 g/mol. The third kappa shape index (κ3) is 1.38. The third-order valence-corrected chi connectivity index (χ3v) is 4.05. The monoisotopic (exact) mass is 249 g/mol. The van der Waals surface area contributed by atoms with Gasteiger partial charge in [-0.05, 0) is 25.0 Å². The second-order valence-corrected chi connectivity index (χ2v) is 5.26. The fourth-order valence-corrected chi connectivity index (χ4v) is 2.97. The Hall–Kier alpha value is -2.16. The molecule has 0 amide bonds. The zero-order valence-corrected chi connectivity index (χ0v) is 11.1. The van der Waals surface area contributed by atoms with E-state index in [2.05, 4.69) is 65.5 Å². The first-order chi connectivity index (χ1) is 9.23. The van der Waals surface area contributed by atoms with E-state index < -0.39 is 0 Å². The molecule has 0 spiro atoms. The van der Waals surface area contributed by atoms with Gasteiger partial charge in [0.25, 0.3) is 0 Å². The first-order valence-corrected chi connectivity index (χ1v) is 6.70. The summed E-state index contributed by atoms with van der Waals surface area (Å²) >= 11 is 0. The normalized spacial score (nSPS) is 16.3. The number of aromatic amines is 1. The number of nitrogens with zero attached hydrogens (tertiary/aromatic N) is 2. The average Bonchev–Trinajstić information content (AvgIpc) is 3.07. The lowest BCUT2D eigenvalue weighted by Gasteiger charge is -2.11. The maximum Gasteiger partial charge on any atom is 0.213 e. The molecule has 0 fully saturated rings. The quantitative estimate of drug-likeness (QED) is 0.693. The molecule has 0 saturated carbocycles. The van der Waals surface area contributed by atoms with E-state index in [1.54, 1.807) is 0 Å². The van der Waals surface area contributed by atoms with Gasteiger partial charge in [0.1, 0.15) is 0 Å². The van der Waals surface area contributed by atoms with Crippen molar-refractivity contribution in [3.8, 4) is 0 Å². The van der Waals surface area contributed by atoms with Crippen molar-refractivity contribution in [2.75, 3.05) is 0 Å². The molecule has 3 aromatic rings. The summed E-state index contributed by atoms with van der Waals surface area (Å²) in [6, 6.07) is 12.8. The fourth-order valence-electron chi connectivity index (χ4n) is 2.97. The molecule has 2 heterocycles. The highest BCUT2D eigenvalue weighted by molar-refractivity contribution is 6.08. The van der Waals surface area contributed by atoms with E-state index in [1.165, 1.54) is 32.9 Å². The summed E-state index contributed by atoms with van der Waals surface area (Å²) in [5, 5.41) is 10.9. The standard InChI is InChI=1S/C16H15N3/c1-3-10-13(16(2)18-19-16)9-8-12-11-6-4-5-7-14(11)17-15(10)12/h4-9,17H,3H2,1-2H3. The highest BCUT2D eigenvalue weighted by Crippen LogP contribution is 2.43. The first-order valence-electron chi connectivity index (χ1n) is 6.70. The van der Waals surface area contributed by atoms with Crippen molar-refractivity contribution in [1.82, 2.24) is 4.98 Å². The Balaban J connectivity index is 2.11. The second kappa shape index (κ2) is 3.44. The molecular formula is C16H15N3. The van der Waals surface area contributed by atoms with Crippen molar-refractivity contribution in [3.63, 3.8) is 0 Å². The van der Waals surface area contributed by atoms with Crippen LogP contribution in [0.2, 0.25) is 0 Å². The van der Waals surface area contributed by atoms with E-state index in [-0.39, 0.29) is 5.66 Å². The lowest BCUT2D eigenvalue weighted by Crippen LogP contribution is -2.06. The Kier molecular flexibility index (Phi) is 1.94. The molecule has 2 aromatic carbocycles. The molecule has 0 bridgehead atoms. The van der Waals surface area contributed by atoms with Crippen LogP contribution in [0.1, 0.15) is 25.0 Å². The molecule has 0 unspecified atom stereocenters. The average molecular weight is 249 g/mol. The Morgan fingerprint density at radius 1 is 1.05 bits per heavy atom. The van der Waals surface area contributed by atoms with Gasteiger partial charge in [-0.25, -0.2) is 0 Å². The number of rotatable bonds is 2. The van der Waals surface area contributed by atoms with Gasteiger partial charge in [0.2, 0.25) is 5.66 Å². The van der Waals surface area contributed by atoms with Crippen LogP contribution in [-0.2, 0) is 12.1 Å². The molecule has 1 aromatic heterocycles. The van der Waals surface area contributed by atoms with Gasteiger partial charge in [-0.15, -0.1) is 0 Å². The fraction of sp³-hybridized carbons (Fsp3) is 0.250. The van der Waals surface area contributed by atoms with Gasteiger partial charge >= 0.3 is 0 Å². The van der Waals surface area contributed by atoms with Crippen molar-refractivity contribution < 1.29 is 0 Å². The van der Waals surface area contributed by atoms with Crippen molar-refractivity contribution >= 4 is 21.8 Å². The Labute approximate surface area is 111 Å². The molecule has 0 atom stereocenters. The zero-order chi connectivity index (χ0) is 13.0. The number of H-pyrrole nitrogens is 1. The topological polar surface area (TPSA) is 40.5 Å². The highest BCUT2D eigenvalue weighted by Gasteiger charge is 2.38. The number of hydrogen-bond acceptors (Lipinski definition) is 2. The first kappa shape index (κ1) is 10.7. The van der Waals surface area contributed by atoms with Crippen LogP contribution in [0, 0.1) is 0 Å². The second-order valence-electron chi connectivity index (χ2n) is 5.26. The van der Waals surface area contributed by atoms with Crippen molar-refractivity contribution in [2.24, 2.45) is 10.2 Å². The molecule has 1 aliphatic heterocycles. The minimum Gasteiger partial charge on any atom is -0.354 e. The lowest BCUT2D eigenvalue weighted by atomic mass is 9.94. The number of para-hydroxylation sites is 1. The number of fused-ring (bicyclic) bond motifs is 3. The summed E-state index contributed by atoms with van der Waals surface area (Å²) in [4.78, 5) is 3.55. The predicted molar refractivity (Wildman–Crippen MR) is 77.4 cm³/mol. The van der Waals surface area contributed by atoms with Crippen molar-refractivity contribution in [3.05, 3.63) is 47.5 Å². The Bertz CT molecular complexity index is 820. The van der Waals surface area contributed by atoms with Gasteiger partial charge in [-0.1, -0.05) is 37.3 Å². The minimum atomic E-state index is -0.309. The van der Waals surface area contributed by atoms with Gasteiger partial charge in [0.15, 0.2) is 0 Å².